The maximum Gasteiger partial charge on any atom is 0.334 e. The number of hydrogen-bond acceptors (Lipinski definition) is 3. The van der Waals surface area contributed by atoms with Crippen molar-refractivity contribution in [3.8, 4) is 0 Å². The minimum Gasteiger partial charge on any atom is -0.467 e. The van der Waals surface area contributed by atoms with E-state index in [2.05, 4.69) is 18.6 Å². The van der Waals surface area contributed by atoms with Gasteiger partial charge in [0, 0.05) is 0 Å². The Morgan fingerprint density at radius 2 is 1.80 bits per heavy atom. The second-order valence-corrected chi connectivity index (χ2v) is 4.82. The molecule has 0 heterocycles. The summed E-state index contributed by atoms with van der Waals surface area (Å²) < 4.78 is 4.60. The lowest BCUT2D eigenvalue weighted by Crippen LogP contribution is -2.38. The van der Waals surface area contributed by atoms with Gasteiger partial charge in [0.15, 0.2) is 6.10 Å². The number of carbonyl (C=O) groups is 1. The minimum atomic E-state index is -0.928. The number of esters is 1. The van der Waals surface area contributed by atoms with E-state index in [4.69, 9.17) is 0 Å². The van der Waals surface area contributed by atoms with Gasteiger partial charge in [-0.2, -0.15) is 0 Å². The third kappa shape index (κ3) is 2.94. The third-order valence-electron chi connectivity index (χ3n) is 3.58. The van der Waals surface area contributed by atoms with E-state index < -0.39 is 12.1 Å². The van der Waals surface area contributed by atoms with Gasteiger partial charge < -0.3 is 9.84 Å². The van der Waals surface area contributed by atoms with Crippen LogP contribution >= 0.6 is 0 Å². The van der Waals surface area contributed by atoms with Crippen LogP contribution in [0.25, 0.3) is 0 Å². The molecular weight excluding hydrogens is 192 g/mol. The highest BCUT2D eigenvalue weighted by Gasteiger charge is 2.36. The summed E-state index contributed by atoms with van der Waals surface area (Å²) in [5.74, 6) is 0.584. The first-order chi connectivity index (χ1) is 7.07. The fourth-order valence-corrected chi connectivity index (χ4v) is 2.70. The Morgan fingerprint density at radius 3 is 2.27 bits per heavy atom. The van der Waals surface area contributed by atoms with Crippen LogP contribution in [0.1, 0.15) is 39.5 Å². The molecule has 88 valence electrons. The second-order valence-electron chi connectivity index (χ2n) is 4.82. The summed E-state index contributed by atoms with van der Waals surface area (Å²) in [5, 5.41) is 9.89. The smallest absolute Gasteiger partial charge is 0.334 e. The normalized spacial score (nSPS) is 28.9. The largest absolute Gasteiger partial charge is 0.467 e. The Kier molecular flexibility index (Phi) is 4.58. The summed E-state index contributed by atoms with van der Waals surface area (Å²) in [6.07, 6.45) is 3.47. The number of rotatable bonds is 3. The highest BCUT2D eigenvalue weighted by atomic mass is 16.5. The van der Waals surface area contributed by atoms with E-state index in [-0.39, 0.29) is 5.92 Å². The van der Waals surface area contributed by atoms with Crippen LogP contribution in [0.2, 0.25) is 0 Å². The first kappa shape index (κ1) is 12.5. The molecular formula is C12H22O3. The van der Waals surface area contributed by atoms with E-state index in [1.807, 2.05) is 0 Å². The number of hydrogen-bond donors (Lipinski definition) is 1. The SMILES string of the molecule is COC(=O)C(O)C1CCCCC1C(C)C. The van der Waals surface area contributed by atoms with E-state index in [9.17, 15) is 9.90 Å². The molecule has 0 amide bonds. The molecule has 0 aliphatic heterocycles. The standard InChI is InChI=1S/C12H22O3/c1-8(2)9-6-4-5-7-10(9)11(13)12(14)15-3/h8-11,13H,4-7H2,1-3H3. The predicted octanol–water partition coefficient (Wildman–Crippen LogP) is 1.98. The molecule has 3 nitrogen and oxygen atoms in total. The van der Waals surface area contributed by atoms with Crippen LogP contribution < -0.4 is 0 Å². The Bertz CT molecular complexity index is 213. The van der Waals surface area contributed by atoms with Crippen molar-refractivity contribution < 1.29 is 14.6 Å². The lowest BCUT2D eigenvalue weighted by Gasteiger charge is -2.36. The molecule has 3 atom stereocenters. The fraction of sp³-hybridized carbons (Fsp3) is 0.917. The molecule has 1 aliphatic rings. The third-order valence-corrected chi connectivity index (χ3v) is 3.58. The summed E-state index contributed by atoms with van der Waals surface area (Å²) in [7, 11) is 1.33. The summed E-state index contributed by atoms with van der Waals surface area (Å²) in [6, 6.07) is 0. The second kappa shape index (κ2) is 5.50. The number of aliphatic hydroxyl groups is 1. The molecule has 0 bridgehead atoms. The highest BCUT2D eigenvalue weighted by Crippen LogP contribution is 2.37. The molecule has 1 rings (SSSR count). The summed E-state index contributed by atoms with van der Waals surface area (Å²) in [6.45, 7) is 4.32. The van der Waals surface area contributed by atoms with Gasteiger partial charge in [-0.05, 0) is 30.6 Å². The van der Waals surface area contributed by atoms with Gasteiger partial charge in [0.05, 0.1) is 7.11 Å². The predicted molar refractivity (Wildman–Crippen MR) is 58.3 cm³/mol. The van der Waals surface area contributed by atoms with Crippen molar-refractivity contribution in [3.05, 3.63) is 0 Å². The molecule has 0 aromatic rings. The molecule has 0 saturated heterocycles. The summed E-state index contributed by atoms with van der Waals surface area (Å²) in [4.78, 5) is 11.3. The molecule has 1 saturated carbocycles. The molecule has 0 spiro atoms. The van der Waals surface area contributed by atoms with Crippen molar-refractivity contribution in [2.75, 3.05) is 7.11 Å². The molecule has 3 unspecified atom stereocenters. The van der Waals surface area contributed by atoms with Crippen molar-refractivity contribution in [3.63, 3.8) is 0 Å². The molecule has 3 heteroatoms. The molecule has 0 aromatic heterocycles. The number of aliphatic hydroxyl groups excluding tert-OH is 1. The van der Waals surface area contributed by atoms with Crippen LogP contribution in [0, 0.1) is 17.8 Å². The van der Waals surface area contributed by atoms with Gasteiger partial charge in [0.25, 0.3) is 0 Å². The minimum absolute atomic E-state index is 0.0891. The average Bonchev–Trinajstić information content (AvgIpc) is 2.27. The maximum atomic E-state index is 11.3. The van der Waals surface area contributed by atoms with Gasteiger partial charge in [-0.3, -0.25) is 0 Å². The zero-order valence-corrected chi connectivity index (χ0v) is 9.90. The molecule has 1 fully saturated rings. The van der Waals surface area contributed by atoms with Gasteiger partial charge in [-0.15, -0.1) is 0 Å². The Morgan fingerprint density at radius 1 is 1.27 bits per heavy atom. The van der Waals surface area contributed by atoms with Crippen molar-refractivity contribution in [1.82, 2.24) is 0 Å². The monoisotopic (exact) mass is 214 g/mol. The van der Waals surface area contributed by atoms with Crippen LogP contribution in [0.5, 0.6) is 0 Å². The van der Waals surface area contributed by atoms with E-state index in [0.29, 0.717) is 11.8 Å². The van der Waals surface area contributed by atoms with Crippen molar-refractivity contribution in [2.45, 2.75) is 45.6 Å². The zero-order chi connectivity index (χ0) is 11.4. The van der Waals surface area contributed by atoms with Gasteiger partial charge in [0.2, 0.25) is 0 Å². The van der Waals surface area contributed by atoms with Crippen LogP contribution in [0.4, 0.5) is 0 Å². The van der Waals surface area contributed by atoms with Crippen LogP contribution in [0.3, 0.4) is 0 Å². The van der Waals surface area contributed by atoms with E-state index in [1.165, 1.54) is 13.5 Å². The molecule has 0 radical (unpaired) electrons. The molecule has 0 aromatic carbocycles. The maximum absolute atomic E-state index is 11.3. The fourth-order valence-electron chi connectivity index (χ4n) is 2.70. The Balaban J connectivity index is 2.67. The lowest BCUT2D eigenvalue weighted by molar-refractivity contribution is -0.156. The summed E-state index contributed by atoms with van der Waals surface area (Å²) in [5.41, 5.74) is 0. The van der Waals surface area contributed by atoms with Gasteiger partial charge in [-0.1, -0.05) is 26.7 Å². The summed E-state index contributed by atoms with van der Waals surface area (Å²) >= 11 is 0. The topological polar surface area (TPSA) is 46.5 Å². The number of methoxy groups -OCH3 is 1. The highest BCUT2D eigenvalue weighted by molar-refractivity contribution is 5.74. The van der Waals surface area contributed by atoms with E-state index >= 15 is 0 Å². The first-order valence-corrected chi connectivity index (χ1v) is 5.83. The van der Waals surface area contributed by atoms with Crippen LogP contribution in [-0.2, 0) is 9.53 Å². The van der Waals surface area contributed by atoms with E-state index in [0.717, 1.165) is 19.3 Å². The quantitative estimate of drug-likeness (QED) is 0.731. The Hall–Kier alpha value is -0.570. The van der Waals surface area contributed by atoms with E-state index in [1.54, 1.807) is 0 Å². The number of carbonyl (C=O) groups excluding carboxylic acids is 1. The zero-order valence-electron chi connectivity index (χ0n) is 9.90. The van der Waals surface area contributed by atoms with Crippen molar-refractivity contribution in [2.24, 2.45) is 17.8 Å². The van der Waals surface area contributed by atoms with Gasteiger partial charge in [0.1, 0.15) is 0 Å². The molecule has 1 N–H and O–H groups in total. The van der Waals surface area contributed by atoms with Gasteiger partial charge >= 0.3 is 5.97 Å². The van der Waals surface area contributed by atoms with Crippen LogP contribution in [-0.4, -0.2) is 24.3 Å². The molecule has 1 aliphatic carbocycles. The number of ether oxygens (including phenoxy) is 1. The van der Waals surface area contributed by atoms with Crippen molar-refractivity contribution in [1.29, 1.82) is 0 Å². The Labute approximate surface area is 91.8 Å². The molecule has 15 heavy (non-hydrogen) atoms. The van der Waals surface area contributed by atoms with Gasteiger partial charge in [-0.25, -0.2) is 4.79 Å². The van der Waals surface area contributed by atoms with Crippen molar-refractivity contribution >= 4 is 5.97 Å². The lowest BCUT2D eigenvalue weighted by atomic mass is 9.71. The first-order valence-electron chi connectivity index (χ1n) is 5.83. The average molecular weight is 214 g/mol. The van der Waals surface area contributed by atoms with Crippen LogP contribution in [0.15, 0.2) is 0 Å².